The second-order valence-electron chi connectivity index (χ2n) is 3.23. The van der Waals surface area contributed by atoms with Crippen molar-refractivity contribution < 1.29 is 9.59 Å². The normalized spacial score (nSPS) is 9.46. The molecule has 0 aromatic heterocycles. The van der Waals surface area contributed by atoms with Crippen LogP contribution in [0.25, 0.3) is 0 Å². The van der Waals surface area contributed by atoms with Crippen molar-refractivity contribution in [2.45, 2.75) is 26.7 Å². The zero-order valence-electron chi connectivity index (χ0n) is 8.59. The van der Waals surface area contributed by atoms with E-state index in [0.29, 0.717) is 6.42 Å². The molecule has 0 aromatic rings. The minimum absolute atomic E-state index is 0.00189. The Morgan fingerprint density at radius 3 is 2.31 bits per heavy atom. The summed E-state index contributed by atoms with van der Waals surface area (Å²) in [6.07, 6.45) is 1.15. The Morgan fingerprint density at radius 1 is 1.38 bits per heavy atom. The van der Waals surface area contributed by atoms with Gasteiger partial charge in [0.15, 0.2) is 0 Å². The van der Waals surface area contributed by atoms with Gasteiger partial charge in [-0.2, -0.15) is 0 Å². The Hall–Kier alpha value is -1.12. The smallest absolute Gasteiger partial charge is 0.226 e. The maximum absolute atomic E-state index is 11.4. The number of hydrogen-bond acceptors (Lipinski definition) is 2. The van der Waals surface area contributed by atoms with E-state index in [1.54, 1.807) is 7.05 Å². The number of nitrogens with zero attached hydrogens (tertiary/aromatic N) is 1. The third-order valence-corrected chi connectivity index (χ3v) is 1.79. The van der Waals surface area contributed by atoms with Gasteiger partial charge in [0.2, 0.25) is 5.91 Å². The third-order valence-electron chi connectivity index (χ3n) is 1.79. The molecule has 0 aliphatic heterocycles. The summed E-state index contributed by atoms with van der Waals surface area (Å²) in [5.41, 5.74) is 0.903. The van der Waals surface area contributed by atoms with E-state index in [1.165, 1.54) is 11.8 Å². The summed E-state index contributed by atoms with van der Waals surface area (Å²) < 4.78 is 0. The number of carbonyl (C=O) groups excluding carboxylic acids is 2. The first-order chi connectivity index (χ1) is 5.97. The molecular formula is C10H17NO2. The molecule has 0 saturated heterocycles. The summed E-state index contributed by atoms with van der Waals surface area (Å²) in [6.45, 7) is 7.36. The topological polar surface area (TPSA) is 37.4 Å². The number of ketones is 1. The predicted octanol–water partition coefficient (Wildman–Crippen LogP) is 1.39. The van der Waals surface area contributed by atoms with E-state index in [2.05, 4.69) is 6.58 Å². The summed E-state index contributed by atoms with van der Waals surface area (Å²) >= 11 is 0. The number of amides is 1. The van der Waals surface area contributed by atoms with Crippen LogP contribution in [-0.4, -0.2) is 30.2 Å². The van der Waals surface area contributed by atoms with Crippen molar-refractivity contribution in [3.8, 4) is 0 Å². The van der Waals surface area contributed by atoms with Crippen molar-refractivity contribution in [1.82, 2.24) is 4.90 Å². The van der Waals surface area contributed by atoms with Crippen LogP contribution in [-0.2, 0) is 9.59 Å². The SMILES string of the molecule is C=C(CC)CC(=O)N(C)CC(C)=O. The zero-order chi connectivity index (χ0) is 10.4. The quantitative estimate of drug-likeness (QED) is 0.604. The van der Waals surface area contributed by atoms with Crippen molar-refractivity contribution in [2.75, 3.05) is 13.6 Å². The van der Waals surface area contributed by atoms with Crippen LogP contribution in [0.4, 0.5) is 0 Å². The second-order valence-corrected chi connectivity index (χ2v) is 3.23. The molecule has 0 heterocycles. The molecule has 0 rings (SSSR count). The highest BCUT2D eigenvalue weighted by Crippen LogP contribution is 2.04. The first-order valence-electron chi connectivity index (χ1n) is 4.37. The number of likely N-dealkylation sites (N-methyl/N-ethyl adjacent to an activating group) is 1. The Kier molecular flexibility index (Phi) is 5.04. The molecule has 0 bridgehead atoms. The third kappa shape index (κ3) is 5.17. The van der Waals surface area contributed by atoms with Crippen molar-refractivity contribution in [1.29, 1.82) is 0 Å². The number of rotatable bonds is 5. The molecule has 0 unspecified atom stereocenters. The summed E-state index contributed by atoms with van der Waals surface area (Å²) in [4.78, 5) is 23.5. The molecule has 3 nitrogen and oxygen atoms in total. The molecule has 3 heteroatoms. The van der Waals surface area contributed by atoms with Gasteiger partial charge < -0.3 is 4.90 Å². The summed E-state index contributed by atoms with van der Waals surface area (Å²) in [5.74, 6) is -0.0417. The van der Waals surface area contributed by atoms with E-state index in [9.17, 15) is 9.59 Å². The predicted molar refractivity (Wildman–Crippen MR) is 52.4 cm³/mol. The average Bonchev–Trinajstić information content (AvgIpc) is 2.02. The molecule has 0 radical (unpaired) electrons. The van der Waals surface area contributed by atoms with Crippen molar-refractivity contribution >= 4 is 11.7 Å². The van der Waals surface area contributed by atoms with Crippen LogP contribution < -0.4 is 0 Å². The van der Waals surface area contributed by atoms with Gasteiger partial charge in [0.1, 0.15) is 5.78 Å². The standard InChI is InChI=1S/C10H17NO2/c1-5-8(2)6-10(13)11(4)7-9(3)12/h2,5-7H2,1,3-4H3. The molecule has 0 fully saturated rings. The number of hydrogen-bond donors (Lipinski definition) is 0. The van der Waals surface area contributed by atoms with Gasteiger partial charge in [-0.3, -0.25) is 9.59 Å². The van der Waals surface area contributed by atoms with Gasteiger partial charge in [-0.25, -0.2) is 0 Å². The Bertz CT molecular complexity index is 221. The van der Waals surface area contributed by atoms with E-state index in [4.69, 9.17) is 0 Å². The lowest BCUT2D eigenvalue weighted by atomic mass is 10.1. The van der Waals surface area contributed by atoms with E-state index >= 15 is 0 Å². The van der Waals surface area contributed by atoms with Crippen LogP contribution >= 0.6 is 0 Å². The highest BCUT2D eigenvalue weighted by Gasteiger charge is 2.10. The summed E-state index contributed by atoms with van der Waals surface area (Å²) in [6, 6.07) is 0. The Labute approximate surface area is 79.4 Å². The summed E-state index contributed by atoms with van der Waals surface area (Å²) in [7, 11) is 1.63. The van der Waals surface area contributed by atoms with E-state index in [-0.39, 0.29) is 18.2 Å². The fourth-order valence-corrected chi connectivity index (χ4v) is 0.896. The van der Waals surface area contributed by atoms with Crippen LogP contribution in [0.2, 0.25) is 0 Å². The fourth-order valence-electron chi connectivity index (χ4n) is 0.896. The van der Waals surface area contributed by atoms with E-state index in [1.807, 2.05) is 6.92 Å². The molecule has 0 atom stereocenters. The van der Waals surface area contributed by atoms with Crippen LogP contribution in [0.15, 0.2) is 12.2 Å². The maximum Gasteiger partial charge on any atom is 0.226 e. The Balaban J connectivity index is 3.96. The fraction of sp³-hybridized carbons (Fsp3) is 0.600. The van der Waals surface area contributed by atoms with Crippen molar-refractivity contribution in [3.63, 3.8) is 0 Å². The average molecular weight is 183 g/mol. The minimum atomic E-state index is -0.0398. The Morgan fingerprint density at radius 2 is 1.92 bits per heavy atom. The van der Waals surface area contributed by atoms with E-state index in [0.717, 1.165) is 12.0 Å². The largest absolute Gasteiger partial charge is 0.338 e. The van der Waals surface area contributed by atoms with Gasteiger partial charge in [-0.15, -0.1) is 0 Å². The summed E-state index contributed by atoms with van der Waals surface area (Å²) in [5, 5.41) is 0. The van der Waals surface area contributed by atoms with Gasteiger partial charge in [-0.1, -0.05) is 19.1 Å². The maximum atomic E-state index is 11.4. The van der Waals surface area contributed by atoms with Crippen LogP contribution in [0.5, 0.6) is 0 Å². The lowest BCUT2D eigenvalue weighted by Gasteiger charge is -2.15. The van der Waals surface area contributed by atoms with Gasteiger partial charge >= 0.3 is 0 Å². The number of carbonyl (C=O) groups is 2. The molecule has 0 aromatic carbocycles. The lowest BCUT2D eigenvalue weighted by molar-refractivity contribution is -0.132. The van der Waals surface area contributed by atoms with Crippen LogP contribution in [0.3, 0.4) is 0 Å². The van der Waals surface area contributed by atoms with Gasteiger partial charge in [0.05, 0.1) is 6.54 Å². The van der Waals surface area contributed by atoms with Crippen LogP contribution in [0, 0.1) is 0 Å². The van der Waals surface area contributed by atoms with Gasteiger partial charge in [0.25, 0.3) is 0 Å². The molecule has 0 saturated carbocycles. The second kappa shape index (κ2) is 5.51. The molecule has 0 spiro atoms. The van der Waals surface area contributed by atoms with Gasteiger partial charge in [0, 0.05) is 13.5 Å². The van der Waals surface area contributed by atoms with Gasteiger partial charge in [-0.05, 0) is 13.3 Å². The highest BCUT2D eigenvalue weighted by molar-refractivity contribution is 5.85. The van der Waals surface area contributed by atoms with E-state index < -0.39 is 0 Å². The zero-order valence-corrected chi connectivity index (χ0v) is 8.59. The number of Topliss-reactive ketones (excluding diaryl/α,β-unsaturated/α-hetero) is 1. The molecule has 0 N–H and O–H groups in total. The molecule has 13 heavy (non-hydrogen) atoms. The monoisotopic (exact) mass is 183 g/mol. The molecule has 74 valence electrons. The molecule has 0 aliphatic carbocycles. The molecule has 0 aliphatic rings. The van der Waals surface area contributed by atoms with Crippen molar-refractivity contribution in [3.05, 3.63) is 12.2 Å². The lowest BCUT2D eigenvalue weighted by Crippen LogP contribution is -2.31. The molecule has 1 amide bonds. The highest BCUT2D eigenvalue weighted by atomic mass is 16.2. The first kappa shape index (κ1) is 11.9. The minimum Gasteiger partial charge on any atom is -0.338 e. The van der Waals surface area contributed by atoms with Crippen LogP contribution in [0.1, 0.15) is 26.7 Å². The molecular weight excluding hydrogens is 166 g/mol. The first-order valence-corrected chi connectivity index (χ1v) is 4.37. The van der Waals surface area contributed by atoms with Crippen molar-refractivity contribution in [2.24, 2.45) is 0 Å².